The fourth-order valence-corrected chi connectivity index (χ4v) is 2.92. The molecule has 2 heterocycles. The Kier molecular flexibility index (Phi) is 4.81. The summed E-state index contributed by atoms with van der Waals surface area (Å²) in [5.74, 6) is 5.86. The number of ether oxygens (including phenoxy) is 1. The third-order valence-corrected chi connectivity index (χ3v) is 3.97. The molecule has 1 aliphatic heterocycles. The molecule has 1 saturated heterocycles. The van der Waals surface area contributed by atoms with Crippen LogP contribution in [0.15, 0.2) is 12.1 Å². The van der Waals surface area contributed by atoms with E-state index in [9.17, 15) is 4.79 Å². The monoisotopic (exact) mass is 293 g/mol. The highest BCUT2D eigenvalue weighted by molar-refractivity contribution is 7.14. The number of morpholine rings is 1. The van der Waals surface area contributed by atoms with Crippen LogP contribution in [-0.4, -0.2) is 47.8 Å². The maximum absolute atomic E-state index is 12.4. The highest BCUT2D eigenvalue weighted by Crippen LogP contribution is 2.22. The highest BCUT2D eigenvalue weighted by atomic mass is 32.1. The number of hydrogen-bond acceptors (Lipinski definition) is 4. The van der Waals surface area contributed by atoms with Crippen LogP contribution in [0.25, 0.3) is 0 Å². The van der Waals surface area contributed by atoms with Gasteiger partial charge in [-0.1, -0.05) is 11.8 Å². The SMILES string of the molecule is CC1(C)CN(C(=O)c2ccc(C#CCCO)s2)CCO1. The summed E-state index contributed by atoms with van der Waals surface area (Å²) >= 11 is 1.40. The third kappa shape index (κ3) is 3.83. The van der Waals surface area contributed by atoms with E-state index in [0.717, 1.165) is 4.88 Å². The largest absolute Gasteiger partial charge is 0.395 e. The molecule has 0 unspecified atom stereocenters. The number of carbonyl (C=O) groups excluding carboxylic acids is 1. The van der Waals surface area contributed by atoms with Gasteiger partial charge in [0.15, 0.2) is 0 Å². The van der Waals surface area contributed by atoms with Crippen molar-refractivity contribution in [2.45, 2.75) is 25.9 Å². The third-order valence-electron chi connectivity index (χ3n) is 2.98. The maximum Gasteiger partial charge on any atom is 0.264 e. The molecule has 1 fully saturated rings. The van der Waals surface area contributed by atoms with E-state index in [0.29, 0.717) is 31.0 Å². The van der Waals surface area contributed by atoms with Crippen molar-refractivity contribution in [3.05, 3.63) is 21.9 Å². The molecule has 4 nitrogen and oxygen atoms in total. The van der Waals surface area contributed by atoms with Crippen molar-refractivity contribution in [3.8, 4) is 11.8 Å². The first kappa shape index (κ1) is 15.0. The Bertz CT molecular complexity index is 539. The van der Waals surface area contributed by atoms with Crippen LogP contribution in [0.1, 0.15) is 34.8 Å². The fraction of sp³-hybridized carbons (Fsp3) is 0.533. The predicted octanol–water partition coefficient (Wildman–Crippen LogP) is 1.73. The van der Waals surface area contributed by atoms with E-state index in [4.69, 9.17) is 9.84 Å². The van der Waals surface area contributed by atoms with Gasteiger partial charge in [0.2, 0.25) is 0 Å². The lowest BCUT2D eigenvalue weighted by Crippen LogP contribution is -2.50. The number of thiophene rings is 1. The number of aliphatic hydroxyl groups is 1. The summed E-state index contributed by atoms with van der Waals surface area (Å²) in [5.41, 5.74) is -0.283. The Balaban J connectivity index is 2.05. The molecule has 5 heteroatoms. The van der Waals surface area contributed by atoms with Crippen molar-refractivity contribution in [1.82, 2.24) is 4.90 Å². The van der Waals surface area contributed by atoms with E-state index in [2.05, 4.69) is 11.8 Å². The molecule has 0 bridgehead atoms. The Hall–Kier alpha value is -1.35. The summed E-state index contributed by atoms with van der Waals surface area (Å²) in [6.07, 6.45) is 0.457. The van der Waals surface area contributed by atoms with Crippen LogP contribution in [0.4, 0.5) is 0 Å². The summed E-state index contributed by atoms with van der Waals surface area (Å²) in [6, 6.07) is 3.67. The molecule has 1 N–H and O–H groups in total. The van der Waals surface area contributed by atoms with E-state index in [-0.39, 0.29) is 18.1 Å². The molecule has 1 aromatic rings. The number of aliphatic hydroxyl groups excluding tert-OH is 1. The quantitative estimate of drug-likeness (QED) is 0.845. The van der Waals surface area contributed by atoms with Crippen molar-refractivity contribution in [2.24, 2.45) is 0 Å². The minimum Gasteiger partial charge on any atom is -0.395 e. The minimum absolute atomic E-state index is 0.0431. The number of hydrogen-bond donors (Lipinski definition) is 1. The van der Waals surface area contributed by atoms with Crippen LogP contribution in [-0.2, 0) is 4.74 Å². The molecule has 2 rings (SSSR count). The number of nitrogens with zero attached hydrogens (tertiary/aromatic N) is 1. The topological polar surface area (TPSA) is 49.8 Å². The summed E-state index contributed by atoms with van der Waals surface area (Å²) in [4.78, 5) is 15.8. The minimum atomic E-state index is -0.283. The van der Waals surface area contributed by atoms with E-state index >= 15 is 0 Å². The van der Waals surface area contributed by atoms with Crippen LogP contribution >= 0.6 is 11.3 Å². The van der Waals surface area contributed by atoms with Gasteiger partial charge in [-0.15, -0.1) is 11.3 Å². The number of rotatable bonds is 2. The Morgan fingerprint density at radius 3 is 3.05 bits per heavy atom. The summed E-state index contributed by atoms with van der Waals surface area (Å²) in [7, 11) is 0. The van der Waals surface area contributed by atoms with Crippen LogP contribution < -0.4 is 0 Å². The molecule has 1 aromatic heterocycles. The van der Waals surface area contributed by atoms with Crippen LogP contribution in [0, 0.1) is 11.8 Å². The molecule has 1 aliphatic rings. The highest BCUT2D eigenvalue weighted by Gasteiger charge is 2.30. The molecule has 0 aromatic carbocycles. The molecular formula is C15H19NO3S. The first-order valence-corrected chi connectivity index (χ1v) is 7.46. The van der Waals surface area contributed by atoms with Crippen molar-refractivity contribution in [3.63, 3.8) is 0 Å². The van der Waals surface area contributed by atoms with Crippen LogP contribution in [0.5, 0.6) is 0 Å². The smallest absolute Gasteiger partial charge is 0.264 e. The molecule has 108 valence electrons. The molecular weight excluding hydrogens is 274 g/mol. The lowest BCUT2D eigenvalue weighted by atomic mass is 10.1. The lowest BCUT2D eigenvalue weighted by Gasteiger charge is -2.37. The molecule has 0 aliphatic carbocycles. The normalized spacial score (nSPS) is 17.4. The zero-order valence-corrected chi connectivity index (χ0v) is 12.6. The van der Waals surface area contributed by atoms with Gasteiger partial charge < -0.3 is 14.7 Å². The summed E-state index contributed by atoms with van der Waals surface area (Å²) in [6.45, 7) is 5.86. The van der Waals surface area contributed by atoms with Gasteiger partial charge in [0.25, 0.3) is 5.91 Å². The second-order valence-corrected chi connectivity index (χ2v) is 6.36. The van der Waals surface area contributed by atoms with Gasteiger partial charge in [-0.3, -0.25) is 4.79 Å². The van der Waals surface area contributed by atoms with Gasteiger partial charge >= 0.3 is 0 Å². The van der Waals surface area contributed by atoms with Crippen molar-refractivity contribution >= 4 is 17.2 Å². The van der Waals surface area contributed by atoms with Crippen molar-refractivity contribution < 1.29 is 14.6 Å². The van der Waals surface area contributed by atoms with Crippen LogP contribution in [0.3, 0.4) is 0 Å². The fourth-order valence-electron chi connectivity index (χ4n) is 2.07. The molecule has 0 radical (unpaired) electrons. The maximum atomic E-state index is 12.4. The van der Waals surface area contributed by atoms with Crippen LogP contribution in [0.2, 0.25) is 0 Å². The number of carbonyl (C=O) groups is 1. The Morgan fingerprint density at radius 2 is 2.35 bits per heavy atom. The first-order chi connectivity index (χ1) is 9.52. The Labute approximate surface area is 123 Å². The number of amides is 1. The van der Waals surface area contributed by atoms with Gasteiger partial charge in [-0.05, 0) is 26.0 Å². The van der Waals surface area contributed by atoms with Gasteiger partial charge in [-0.2, -0.15) is 0 Å². The molecule has 0 saturated carbocycles. The predicted molar refractivity (Wildman–Crippen MR) is 78.8 cm³/mol. The van der Waals surface area contributed by atoms with E-state index < -0.39 is 0 Å². The summed E-state index contributed by atoms with van der Waals surface area (Å²) in [5, 5.41) is 8.69. The molecule has 0 spiro atoms. The van der Waals surface area contributed by atoms with E-state index in [1.807, 2.05) is 30.9 Å². The average Bonchev–Trinajstić information content (AvgIpc) is 2.86. The zero-order chi connectivity index (χ0) is 14.6. The van der Waals surface area contributed by atoms with E-state index in [1.54, 1.807) is 0 Å². The molecule has 0 atom stereocenters. The average molecular weight is 293 g/mol. The second-order valence-electron chi connectivity index (χ2n) is 5.27. The van der Waals surface area contributed by atoms with Gasteiger partial charge in [0.05, 0.1) is 28.6 Å². The summed E-state index contributed by atoms with van der Waals surface area (Å²) < 4.78 is 5.62. The Morgan fingerprint density at radius 1 is 1.55 bits per heavy atom. The van der Waals surface area contributed by atoms with Crippen molar-refractivity contribution in [1.29, 1.82) is 0 Å². The second kappa shape index (κ2) is 6.40. The zero-order valence-electron chi connectivity index (χ0n) is 11.8. The molecule has 1 amide bonds. The van der Waals surface area contributed by atoms with Gasteiger partial charge in [-0.25, -0.2) is 0 Å². The standard InChI is InChI=1S/C15H19NO3S/c1-15(2)11-16(8-10-19-15)14(18)13-7-6-12(20-13)5-3-4-9-17/h6-7,17H,4,8-11H2,1-2H3. The van der Waals surface area contributed by atoms with Gasteiger partial charge in [0.1, 0.15) is 0 Å². The molecule has 20 heavy (non-hydrogen) atoms. The van der Waals surface area contributed by atoms with E-state index in [1.165, 1.54) is 11.3 Å². The lowest BCUT2D eigenvalue weighted by molar-refractivity contribution is -0.0763. The van der Waals surface area contributed by atoms with Gasteiger partial charge in [0, 0.05) is 19.5 Å². The first-order valence-electron chi connectivity index (χ1n) is 6.65. The van der Waals surface area contributed by atoms with Crippen molar-refractivity contribution in [2.75, 3.05) is 26.3 Å².